The number of rotatable bonds is 6. The van der Waals surface area contributed by atoms with Crippen LogP contribution in [0.25, 0.3) is 0 Å². The molecule has 0 aromatic rings. The molecule has 16 heavy (non-hydrogen) atoms. The van der Waals surface area contributed by atoms with E-state index in [2.05, 4.69) is 0 Å². The van der Waals surface area contributed by atoms with Crippen molar-refractivity contribution >= 4 is 11.9 Å². The summed E-state index contributed by atoms with van der Waals surface area (Å²) < 4.78 is 9.83. The normalized spacial score (nSPS) is 13.1. The molecular formula is C12H22O4. The second-order valence-corrected chi connectivity index (χ2v) is 4.35. The van der Waals surface area contributed by atoms with Gasteiger partial charge < -0.3 is 9.47 Å². The summed E-state index contributed by atoms with van der Waals surface area (Å²) in [5, 5.41) is 0. The van der Waals surface area contributed by atoms with E-state index < -0.39 is 5.41 Å². The largest absolute Gasteiger partial charge is 0.466 e. The summed E-state index contributed by atoms with van der Waals surface area (Å²) >= 11 is 0. The molecule has 0 aliphatic heterocycles. The monoisotopic (exact) mass is 230 g/mol. The maximum atomic E-state index is 11.7. The summed E-state index contributed by atoms with van der Waals surface area (Å²) in [7, 11) is 0. The first-order chi connectivity index (χ1) is 7.36. The van der Waals surface area contributed by atoms with Crippen molar-refractivity contribution in [2.75, 3.05) is 13.2 Å². The Morgan fingerprint density at radius 1 is 1.12 bits per heavy atom. The van der Waals surface area contributed by atoms with Gasteiger partial charge in [-0.3, -0.25) is 9.59 Å². The topological polar surface area (TPSA) is 52.6 Å². The molecule has 0 aromatic heterocycles. The highest BCUT2D eigenvalue weighted by Crippen LogP contribution is 2.30. The van der Waals surface area contributed by atoms with Gasteiger partial charge in [-0.05, 0) is 33.6 Å². The molecule has 0 saturated carbocycles. The first kappa shape index (κ1) is 14.9. The van der Waals surface area contributed by atoms with Gasteiger partial charge in [0.15, 0.2) is 0 Å². The lowest BCUT2D eigenvalue weighted by Gasteiger charge is -2.28. The number of hydrogen-bond donors (Lipinski definition) is 0. The van der Waals surface area contributed by atoms with Gasteiger partial charge in [-0.1, -0.05) is 6.92 Å². The molecule has 1 unspecified atom stereocenters. The molecular weight excluding hydrogens is 208 g/mol. The Balaban J connectivity index is 4.39. The van der Waals surface area contributed by atoms with Crippen LogP contribution in [0.3, 0.4) is 0 Å². The van der Waals surface area contributed by atoms with Crippen molar-refractivity contribution < 1.29 is 19.1 Å². The van der Waals surface area contributed by atoms with Crippen LogP contribution >= 0.6 is 0 Å². The zero-order valence-corrected chi connectivity index (χ0v) is 10.8. The minimum Gasteiger partial charge on any atom is -0.466 e. The Kier molecular flexibility index (Phi) is 6.08. The minimum atomic E-state index is -0.664. The highest BCUT2D eigenvalue weighted by molar-refractivity contribution is 5.78. The van der Waals surface area contributed by atoms with Crippen LogP contribution in [-0.4, -0.2) is 25.2 Å². The molecule has 0 aliphatic carbocycles. The lowest BCUT2D eigenvalue weighted by atomic mass is 9.78. The summed E-state index contributed by atoms with van der Waals surface area (Å²) in [6.45, 7) is 9.68. The second kappa shape index (κ2) is 6.51. The molecule has 4 heteroatoms. The number of carbonyl (C=O) groups excluding carboxylic acids is 2. The van der Waals surface area contributed by atoms with Crippen molar-refractivity contribution in [3.8, 4) is 0 Å². The molecule has 0 fully saturated rings. The lowest BCUT2D eigenvalue weighted by Crippen LogP contribution is -2.34. The average Bonchev–Trinajstić information content (AvgIpc) is 2.18. The van der Waals surface area contributed by atoms with E-state index in [0.29, 0.717) is 13.2 Å². The van der Waals surface area contributed by atoms with Crippen molar-refractivity contribution in [1.82, 2.24) is 0 Å². The fourth-order valence-corrected chi connectivity index (χ4v) is 1.24. The van der Waals surface area contributed by atoms with E-state index in [4.69, 9.17) is 9.47 Å². The molecule has 0 heterocycles. The third kappa shape index (κ3) is 4.21. The van der Waals surface area contributed by atoms with Gasteiger partial charge >= 0.3 is 11.9 Å². The van der Waals surface area contributed by atoms with E-state index in [1.54, 1.807) is 27.7 Å². The Morgan fingerprint density at radius 2 is 1.62 bits per heavy atom. The molecule has 0 spiro atoms. The fourth-order valence-electron chi connectivity index (χ4n) is 1.24. The SMILES string of the molecule is CCOC(=O)CC(C)C(C)(C)C(=O)OCC. The van der Waals surface area contributed by atoms with Crippen molar-refractivity contribution in [3.63, 3.8) is 0 Å². The van der Waals surface area contributed by atoms with Gasteiger partial charge in [0.25, 0.3) is 0 Å². The summed E-state index contributed by atoms with van der Waals surface area (Å²) in [6.07, 6.45) is 0.236. The van der Waals surface area contributed by atoms with E-state index in [1.807, 2.05) is 6.92 Å². The number of carbonyl (C=O) groups is 2. The molecule has 0 aromatic carbocycles. The predicted octanol–water partition coefficient (Wildman–Crippen LogP) is 2.17. The smallest absolute Gasteiger partial charge is 0.311 e. The molecule has 4 nitrogen and oxygen atoms in total. The number of esters is 2. The Bertz CT molecular complexity index is 245. The third-order valence-electron chi connectivity index (χ3n) is 2.81. The molecule has 1 atom stereocenters. The predicted molar refractivity (Wildman–Crippen MR) is 60.8 cm³/mol. The number of hydrogen-bond acceptors (Lipinski definition) is 4. The highest BCUT2D eigenvalue weighted by atomic mass is 16.5. The fraction of sp³-hybridized carbons (Fsp3) is 0.833. The Morgan fingerprint density at radius 3 is 2.06 bits per heavy atom. The highest BCUT2D eigenvalue weighted by Gasteiger charge is 2.36. The summed E-state index contributed by atoms with van der Waals surface area (Å²) in [5.74, 6) is -0.648. The number of ether oxygens (including phenoxy) is 2. The van der Waals surface area contributed by atoms with Crippen LogP contribution in [0.1, 0.15) is 41.0 Å². The van der Waals surface area contributed by atoms with Crippen molar-refractivity contribution in [2.24, 2.45) is 11.3 Å². The van der Waals surface area contributed by atoms with E-state index in [0.717, 1.165) is 0 Å². The van der Waals surface area contributed by atoms with E-state index in [1.165, 1.54) is 0 Å². The van der Waals surface area contributed by atoms with Crippen LogP contribution < -0.4 is 0 Å². The van der Waals surface area contributed by atoms with Gasteiger partial charge in [0.2, 0.25) is 0 Å². The van der Waals surface area contributed by atoms with Gasteiger partial charge in [0, 0.05) is 6.42 Å². The van der Waals surface area contributed by atoms with Crippen LogP contribution in [0.15, 0.2) is 0 Å². The minimum absolute atomic E-state index is 0.106. The standard InChI is InChI=1S/C12H22O4/c1-6-15-10(13)8-9(3)12(4,5)11(14)16-7-2/h9H,6-8H2,1-5H3. The summed E-state index contributed by atoms with van der Waals surface area (Å²) in [6, 6.07) is 0. The molecule has 94 valence electrons. The van der Waals surface area contributed by atoms with Gasteiger partial charge in [-0.15, -0.1) is 0 Å². The van der Waals surface area contributed by atoms with Gasteiger partial charge in [-0.25, -0.2) is 0 Å². The molecule has 0 aliphatic rings. The van der Waals surface area contributed by atoms with Gasteiger partial charge in [0.05, 0.1) is 18.6 Å². The maximum absolute atomic E-state index is 11.7. The van der Waals surface area contributed by atoms with Crippen LogP contribution in [0, 0.1) is 11.3 Å². The first-order valence-electron chi connectivity index (χ1n) is 5.69. The quantitative estimate of drug-likeness (QED) is 0.656. The Hall–Kier alpha value is -1.06. The van der Waals surface area contributed by atoms with Gasteiger partial charge in [-0.2, -0.15) is 0 Å². The molecule has 0 radical (unpaired) electrons. The summed E-state index contributed by atoms with van der Waals surface area (Å²) in [4.78, 5) is 23.0. The lowest BCUT2D eigenvalue weighted by molar-refractivity contribution is -0.158. The van der Waals surface area contributed by atoms with Crippen molar-refractivity contribution in [2.45, 2.75) is 41.0 Å². The summed E-state index contributed by atoms with van der Waals surface area (Å²) in [5.41, 5.74) is -0.664. The zero-order valence-electron chi connectivity index (χ0n) is 10.8. The molecule has 0 amide bonds. The zero-order chi connectivity index (χ0) is 12.8. The molecule has 0 bridgehead atoms. The Labute approximate surface area is 97.3 Å². The van der Waals surface area contributed by atoms with Crippen LogP contribution in [-0.2, 0) is 19.1 Å². The van der Waals surface area contributed by atoms with E-state index >= 15 is 0 Å². The second-order valence-electron chi connectivity index (χ2n) is 4.35. The van der Waals surface area contributed by atoms with Crippen LogP contribution in [0.5, 0.6) is 0 Å². The van der Waals surface area contributed by atoms with Gasteiger partial charge in [0.1, 0.15) is 0 Å². The van der Waals surface area contributed by atoms with Crippen LogP contribution in [0.2, 0.25) is 0 Å². The van der Waals surface area contributed by atoms with E-state index in [9.17, 15) is 9.59 Å². The molecule has 0 saturated heterocycles. The maximum Gasteiger partial charge on any atom is 0.311 e. The average molecular weight is 230 g/mol. The molecule has 0 rings (SSSR count). The third-order valence-corrected chi connectivity index (χ3v) is 2.81. The first-order valence-corrected chi connectivity index (χ1v) is 5.69. The van der Waals surface area contributed by atoms with E-state index in [-0.39, 0.29) is 24.3 Å². The van der Waals surface area contributed by atoms with Crippen molar-refractivity contribution in [3.05, 3.63) is 0 Å². The van der Waals surface area contributed by atoms with Crippen LogP contribution in [0.4, 0.5) is 0 Å². The van der Waals surface area contributed by atoms with Crippen molar-refractivity contribution in [1.29, 1.82) is 0 Å². The molecule has 0 N–H and O–H groups in total.